The Hall–Kier alpha value is -1.06. The molecule has 0 aliphatic heterocycles. The summed E-state index contributed by atoms with van der Waals surface area (Å²) in [7, 11) is -2.52. The second-order valence-electron chi connectivity index (χ2n) is 11.2. The molecule has 0 heterocycles. The van der Waals surface area contributed by atoms with Crippen LogP contribution in [0.4, 0.5) is 0 Å². The molecular formula is C34H41Cl3SiTi. The molecule has 3 aromatic rings. The van der Waals surface area contributed by atoms with Gasteiger partial charge >= 0.3 is 233 Å². The van der Waals surface area contributed by atoms with Gasteiger partial charge in [0.15, 0.2) is 0 Å². The Morgan fingerprint density at radius 2 is 1.00 bits per heavy atom. The molecule has 0 radical (unpaired) electrons. The second-order valence-corrected chi connectivity index (χ2v) is 15.9. The minimum atomic E-state index is -2.52. The fraction of sp³-hybridized carbons (Fsp3) is 0.353. The zero-order valence-corrected chi connectivity index (χ0v) is 29.1. The van der Waals surface area contributed by atoms with E-state index in [-0.39, 0.29) is 37.2 Å². The Balaban J connectivity index is 0.00000253. The van der Waals surface area contributed by atoms with Crippen molar-refractivity contribution in [2.24, 2.45) is 0 Å². The van der Waals surface area contributed by atoms with Crippen molar-refractivity contribution in [3.05, 3.63) is 110 Å². The van der Waals surface area contributed by atoms with Crippen molar-refractivity contribution in [2.45, 2.75) is 79.1 Å². The van der Waals surface area contributed by atoms with Crippen LogP contribution in [0.2, 0.25) is 0 Å². The Kier molecular flexibility index (Phi) is 14.1. The third-order valence-corrected chi connectivity index (χ3v) is 13.7. The van der Waals surface area contributed by atoms with Crippen LogP contribution in [-0.2, 0) is 20.4 Å². The molecule has 206 valence electrons. The average molecular weight is 632 g/mol. The van der Waals surface area contributed by atoms with Crippen LogP contribution >= 0.6 is 0 Å². The first-order valence-corrected chi connectivity index (χ1v) is 16.4. The van der Waals surface area contributed by atoms with E-state index in [2.05, 4.69) is 148 Å². The summed E-state index contributed by atoms with van der Waals surface area (Å²) >= 11 is 2.32. The average Bonchev–Trinajstić information content (AvgIpc) is 3.25. The first-order chi connectivity index (χ1) is 17.2. The van der Waals surface area contributed by atoms with Gasteiger partial charge in [-0.3, -0.25) is 0 Å². The van der Waals surface area contributed by atoms with Crippen LogP contribution in [0.1, 0.15) is 95.8 Å². The second kappa shape index (κ2) is 15.2. The normalized spacial score (nSPS) is 13.3. The van der Waals surface area contributed by atoms with Gasteiger partial charge in [-0.1, -0.05) is 0 Å². The number of hydrogen-bond acceptors (Lipinski definition) is 0. The molecule has 0 amide bonds. The maximum Gasteiger partial charge on any atom is -1.00 e. The van der Waals surface area contributed by atoms with E-state index in [9.17, 15) is 0 Å². The number of benzene rings is 3. The molecule has 0 N–H and O–H groups in total. The summed E-state index contributed by atoms with van der Waals surface area (Å²) in [5, 5.41) is 6.27. The number of rotatable bonds is 8. The maximum absolute atomic E-state index is 2.55. The van der Waals surface area contributed by atoms with E-state index in [0.29, 0.717) is 17.8 Å². The molecule has 0 nitrogen and oxygen atoms in total. The maximum atomic E-state index is 2.55. The molecule has 0 atom stereocenters. The summed E-state index contributed by atoms with van der Waals surface area (Å²) in [6, 6.07) is 28.9. The van der Waals surface area contributed by atoms with Crippen molar-refractivity contribution >= 4 is 23.6 Å². The summed E-state index contributed by atoms with van der Waals surface area (Å²) in [5.74, 6) is 1.51. The van der Waals surface area contributed by atoms with Crippen molar-refractivity contribution in [1.29, 1.82) is 0 Å². The SMILES string of the molecule is CCC1=C([Si](c2cccc(C(C)C)c2)(c2cccc(C(C)C)c2)c2cccc(C(C)C)c2)CC=[C]1[Ti+3].[Cl-].[Cl-].[Cl-]. The molecule has 0 fully saturated rings. The molecule has 0 unspecified atom stereocenters. The van der Waals surface area contributed by atoms with Crippen LogP contribution in [0, 0.1) is 0 Å². The minimum Gasteiger partial charge on any atom is -1.00 e. The Morgan fingerprint density at radius 3 is 1.31 bits per heavy atom. The molecule has 0 saturated carbocycles. The van der Waals surface area contributed by atoms with Gasteiger partial charge in [-0.05, 0) is 0 Å². The van der Waals surface area contributed by atoms with Crippen LogP contribution in [0.5, 0.6) is 0 Å². The smallest absolute Gasteiger partial charge is 1.00 e. The van der Waals surface area contributed by atoms with E-state index in [1.807, 2.05) is 0 Å². The first kappa shape index (κ1) is 36.0. The fourth-order valence-electron chi connectivity index (χ4n) is 5.81. The van der Waals surface area contributed by atoms with Crippen LogP contribution in [0.25, 0.3) is 0 Å². The van der Waals surface area contributed by atoms with Gasteiger partial charge in [0.2, 0.25) is 0 Å². The Morgan fingerprint density at radius 1 is 0.641 bits per heavy atom. The molecule has 0 bridgehead atoms. The van der Waals surface area contributed by atoms with Gasteiger partial charge < -0.3 is 37.2 Å². The molecule has 1 aliphatic rings. The van der Waals surface area contributed by atoms with Crippen molar-refractivity contribution < 1.29 is 57.7 Å². The van der Waals surface area contributed by atoms with Crippen molar-refractivity contribution in [1.82, 2.24) is 0 Å². The van der Waals surface area contributed by atoms with E-state index in [1.165, 1.54) is 36.1 Å². The van der Waals surface area contributed by atoms with Crippen LogP contribution in [0.3, 0.4) is 0 Å². The van der Waals surface area contributed by atoms with Gasteiger partial charge in [0.05, 0.1) is 0 Å². The number of allylic oxidation sites excluding steroid dienone is 4. The van der Waals surface area contributed by atoms with Gasteiger partial charge in [-0.25, -0.2) is 0 Å². The van der Waals surface area contributed by atoms with E-state index in [1.54, 1.807) is 10.8 Å². The molecule has 39 heavy (non-hydrogen) atoms. The summed E-state index contributed by atoms with van der Waals surface area (Å²) < 4.78 is 1.48. The summed E-state index contributed by atoms with van der Waals surface area (Å²) in [6.07, 6.45) is 4.63. The minimum absolute atomic E-state index is 0. The van der Waals surface area contributed by atoms with E-state index >= 15 is 0 Å². The van der Waals surface area contributed by atoms with Crippen molar-refractivity contribution in [3.63, 3.8) is 0 Å². The zero-order valence-electron chi connectivity index (χ0n) is 24.3. The van der Waals surface area contributed by atoms with Crippen LogP contribution in [0.15, 0.2) is 93.5 Å². The fourth-order valence-corrected chi connectivity index (χ4v) is 12.1. The van der Waals surface area contributed by atoms with Gasteiger partial charge in [0.1, 0.15) is 0 Å². The third-order valence-electron chi connectivity index (χ3n) is 7.96. The first-order valence-electron chi connectivity index (χ1n) is 13.7. The van der Waals surface area contributed by atoms with E-state index in [4.69, 9.17) is 0 Å². The molecule has 0 saturated heterocycles. The van der Waals surface area contributed by atoms with Crippen LogP contribution < -0.4 is 52.8 Å². The van der Waals surface area contributed by atoms with Gasteiger partial charge in [-0.2, -0.15) is 0 Å². The molecule has 5 heteroatoms. The number of hydrogen-bond donors (Lipinski definition) is 0. The van der Waals surface area contributed by atoms with Gasteiger partial charge in [-0.15, -0.1) is 0 Å². The summed E-state index contributed by atoms with van der Waals surface area (Å²) in [4.78, 5) is 0. The van der Waals surface area contributed by atoms with E-state index < -0.39 is 8.07 Å². The molecule has 3 aromatic carbocycles. The van der Waals surface area contributed by atoms with Crippen molar-refractivity contribution in [2.75, 3.05) is 0 Å². The predicted octanol–water partition coefficient (Wildman–Crippen LogP) is -1.38. The predicted molar refractivity (Wildman–Crippen MR) is 156 cm³/mol. The van der Waals surface area contributed by atoms with Crippen LogP contribution in [-0.4, -0.2) is 8.07 Å². The molecule has 0 spiro atoms. The zero-order chi connectivity index (χ0) is 26.0. The molecule has 4 rings (SSSR count). The topological polar surface area (TPSA) is 0 Å². The third kappa shape index (κ3) is 7.06. The summed E-state index contributed by atoms with van der Waals surface area (Å²) in [5.41, 5.74) is 5.89. The number of halogens is 3. The summed E-state index contributed by atoms with van der Waals surface area (Å²) in [6.45, 7) is 16.3. The molecular weight excluding hydrogens is 591 g/mol. The Bertz CT molecular complexity index is 1180. The van der Waals surface area contributed by atoms with Gasteiger partial charge in [0.25, 0.3) is 0 Å². The van der Waals surface area contributed by atoms with Gasteiger partial charge in [0, 0.05) is 0 Å². The quantitative estimate of drug-likeness (QED) is 0.213. The van der Waals surface area contributed by atoms with Crippen molar-refractivity contribution in [3.8, 4) is 0 Å². The molecule has 0 aromatic heterocycles. The Labute approximate surface area is 268 Å². The largest absolute Gasteiger partial charge is 1.00 e. The standard InChI is InChI=1S/C34H41Si.3ClH.Ti/c1-8-27-13-12-20-34(27)35(31-17-9-14-28(21-31)24(2)3,32-18-10-15-29(22-32)25(4)5)33-19-11-16-30(23-33)26(6)7;;;;/h9-12,14-19,21-26H,8,20H2,1-7H3;3*1H;/q;;;;+3/p-3. The van der Waals surface area contributed by atoms with E-state index in [0.717, 1.165) is 12.8 Å². The molecule has 1 aliphatic carbocycles. The monoisotopic (exact) mass is 630 g/mol.